The molecule has 0 aromatic heterocycles. The monoisotopic (exact) mass is 288 g/mol. The first-order chi connectivity index (χ1) is 10.2. The van der Waals surface area contributed by atoms with Gasteiger partial charge in [-0.25, -0.2) is 0 Å². The SMILES string of the molecule is CCCc1ccc(C(C)N2CC(CC)NCC2CC)cc1. The maximum absolute atomic E-state index is 3.69. The lowest BCUT2D eigenvalue weighted by atomic mass is 9.97. The molecule has 1 fully saturated rings. The van der Waals surface area contributed by atoms with Crippen LogP contribution in [0, 0.1) is 0 Å². The molecule has 0 saturated carbocycles. The summed E-state index contributed by atoms with van der Waals surface area (Å²) in [4.78, 5) is 2.71. The van der Waals surface area contributed by atoms with E-state index in [1.54, 1.807) is 0 Å². The molecule has 1 aliphatic heterocycles. The van der Waals surface area contributed by atoms with Gasteiger partial charge in [0, 0.05) is 31.2 Å². The average molecular weight is 288 g/mol. The van der Waals surface area contributed by atoms with Crippen molar-refractivity contribution in [2.45, 2.75) is 71.5 Å². The quantitative estimate of drug-likeness (QED) is 0.845. The molecule has 1 aromatic carbocycles. The fourth-order valence-corrected chi connectivity index (χ4v) is 3.46. The van der Waals surface area contributed by atoms with E-state index in [-0.39, 0.29) is 0 Å². The molecular weight excluding hydrogens is 256 g/mol. The van der Waals surface area contributed by atoms with E-state index in [0.29, 0.717) is 18.1 Å². The van der Waals surface area contributed by atoms with E-state index < -0.39 is 0 Å². The van der Waals surface area contributed by atoms with Crippen molar-refractivity contribution in [2.24, 2.45) is 0 Å². The molecule has 1 aliphatic rings. The zero-order valence-electron chi connectivity index (χ0n) is 14.2. The van der Waals surface area contributed by atoms with Gasteiger partial charge in [-0.1, -0.05) is 51.5 Å². The molecule has 2 nitrogen and oxygen atoms in total. The summed E-state index contributed by atoms with van der Waals surface area (Å²) >= 11 is 0. The molecule has 0 bridgehead atoms. The smallest absolute Gasteiger partial charge is 0.0324 e. The van der Waals surface area contributed by atoms with E-state index in [9.17, 15) is 0 Å². The Kier molecular flexibility index (Phi) is 6.25. The van der Waals surface area contributed by atoms with Gasteiger partial charge >= 0.3 is 0 Å². The molecule has 1 heterocycles. The number of aryl methyl sites for hydroxylation is 1. The summed E-state index contributed by atoms with van der Waals surface area (Å²) in [7, 11) is 0. The molecule has 3 unspecified atom stereocenters. The summed E-state index contributed by atoms with van der Waals surface area (Å²) in [5.41, 5.74) is 2.93. The molecule has 2 heteroatoms. The number of nitrogens with one attached hydrogen (secondary N) is 1. The maximum atomic E-state index is 3.69. The van der Waals surface area contributed by atoms with Crippen molar-refractivity contribution in [3.05, 3.63) is 35.4 Å². The van der Waals surface area contributed by atoms with Crippen molar-refractivity contribution in [3.8, 4) is 0 Å². The van der Waals surface area contributed by atoms with Crippen LogP contribution in [0.1, 0.15) is 64.1 Å². The normalized spacial score (nSPS) is 25.0. The van der Waals surface area contributed by atoms with Crippen molar-refractivity contribution in [2.75, 3.05) is 13.1 Å². The van der Waals surface area contributed by atoms with Crippen LogP contribution in [-0.2, 0) is 6.42 Å². The highest BCUT2D eigenvalue weighted by Gasteiger charge is 2.29. The summed E-state index contributed by atoms with van der Waals surface area (Å²) < 4.78 is 0. The van der Waals surface area contributed by atoms with E-state index in [1.807, 2.05) is 0 Å². The van der Waals surface area contributed by atoms with E-state index >= 15 is 0 Å². The van der Waals surface area contributed by atoms with E-state index in [2.05, 4.69) is 62.2 Å². The van der Waals surface area contributed by atoms with Gasteiger partial charge < -0.3 is 5.32 Å². The lowest BCUT2D eigenvalue weighted by Gasteiger charge is -2.43. The van der Waals surface area contributed by atoms with Gasteiger partial charge in [0.15, 0.2) is 0 Å². The van der Waals surface area contributed by atoms with Crippen LogP contribution in [0.3, 0.4) is 0 Å². The maximum Gasteiger partial charge on any atom is 0.0324 e. The average Bonchev–Trinajstić information content (AvgIpc) is 2.54. The number of rotatable bonds is 6. The fourth-order valence-electron chi connectivity index (χ4n) is 3.46. The Bertz CT molecular complexity index is 412. The first-order valence-corrected chi connectivity index (χ1v) is 8.77. The van der Waals surface area contributed by atoms with Crippen molar-refractivity contribution in [3.63, 3.8) is 0 Å². The zero-order chi connectivity index (χ0) is 15.2. The highest BCUT2D eigenvalue weighted by molar-refractivity contribution is 5.25. The van der Waals surface area contributed by atoms with Crippen LogP contribution in [0.2, 0.25) is 0 Å². The minimum Gasteiger partial charge on any atom is -0.311 e. The predicted octanol–water partition coefficient (Wildman–Crippen LogP) is 4.16. The molecule has 21 heavy (non-hydrogen) atoms. The third kappa shape index (κ3) is 4.08. The highest BCUT2D eigenvalue weighted by Crippen LogP contribution is 2.26. The van der Waals surface area contributed by atoms with Crippen molar-refractivity contribution >= 4 is 0 Å². The standard InChI is InChI=1S/C19H32N2/c1-5-8-16-9-11-17(12-10-16)15(4)21-14-18(6-2)20-13-19(21)7-3/h9-12,15,18-20H,5-8,13-14H2,1-4H3. The van der Waals surface area contributed by atoms with Gasteiger partial charge in [0.25, 0.3) is 0 Å². The molecule has 1 aromatic rings. The van der Waals surface area contributed by atoms with E-state index in [4.69, 9.17) is 0 Å². The Morgan fingerprint density at radius 3 is 2.43 bits per heavy atom. The second-order valence-electron chi connectivity index (χ2n) is 6.44. The molecule has 2 rings (SSSR count). The molecule has 1 saturated heterocycles. The van der Waals surface area contributed by atoms with Gasteiger partial charge in [0.2, 0.25) is 0 Å². The third-order valence-corrected chi connectivity index (χ3v) is 5.00. The minimum atomic E-state index is 0.516. The van der Waals surface area contributed by atoms with Crippen molar-refractivity contribution < 1.29 is 0 Å². The molecule has 0 amide bonds. The van der Waals surface area contributed by atoms with Crippen LogP contribution in [0.25, 0.3) is 0 Å². The predicted molar refractivity (Wildman–Crippen MR) is 91.7 cm³/mol. The van der Waals surface area contributed by atoms with Gasteiger partial charge in [-0.15, -0.1) is 0 Å². The molecule has 0 aliphatic carbocycles. The number of nitrogens with zero attached hydrogens (tertiary/aromatic N) is 1. The summed E-state index contributed by atoms with van der Waals surface area (Å²) in [5.74, 6) is 0. The van der Waals surface area contributed by atoms with Gasteiger partial charge in [-0.3, -0.25) is 4.90 Å². The fraction of sp³-hybridized carbons (Fsp3) is 0.684. The molecule has 0 radical (unpaired) electrons. The first-order valence-electron chi connectivity index (χ1n) is 8.77. The van der Waals surface area contributed by atoms with Crippen molar-refractivity contribution in [1.82, 2.24) is 10.2 Å². The number of hydrogen-bond donors (Lipinski definition) is 1. The van der Waals surface area contributed by atoms with E-state index in [1.165, 1.54) is 43.4 Å². The van der Waals surface area contributed by atoms with Gasteiger partial charge in [-0.2, -0.15) is 0 Å². The van der Waals surface area contributed by atoms with E-state index in [0.717, 1.165) is 6.54 Å². The second kappa shape index (κ2) is 7.95. The lowest BCUT2D eigenvalue weighted by molar-refractivity contribution is 0.0850. The van der Waals surface area contributed by atoms with Crippen LogP contribution in [0.5, 0.6) is 0 Å². The summed E-state index contributed by atoms with van der Waals surface area (Å²) in [6.07, 6.45) is 4.86. The highest BCUT2D eigenvalue weighted by atomic mass is 15.2. The molecular formula is C19H32N2. The first kappa shape index (κ1) is 16.5. The number of benzene rings is 1. The topological polar surface area (TPSA) is 15.3 Å². The summed E-state index contributed by atoms with van der Waals surface area (Å²) in [6, 6.07) is 11.1. The van der Waals surface area contributed by atoms with Crippen LogP contribution in [0.15, 0.2) is 24.3 Å². The molecule has 118 valence electrons. The Balaban J connectivity index is 2.09. The van der Waals surface area contributed by atoms with Gasteiger partial charge in [-0.05, 0) is 37.3 Å². The summed E-state index contributed by atoms with van der Waals surface area (Å²) in [5, 5.41) is 3.69. The van der Waals surface area contributed by atoms with Gasteiger partial charge in [0.1, 0.15) is 0 Å². The minimum absolute atomic E-state index is 0.516. The van der Waals surface area contributed by atoms with Gasteiger partial charge in [0.05, 0.1) is 0 Å². The Hall–Kier alpha value is -0.860. The Morgan fingerprint density at radius 2 is 1.86 bits per heavy atom. The largest absolute Gasteiger partial charge is 0.311 e. The third-order valence-electron chi connectivity index (χ3n) is 5.00. The van der Waals surface area contributed by atoms with Crippen LogP contribution in [-0.4, -0.2) is 30.1 Å². The van der Waals surface area contributed by atoms with Crippen LogP contribution >= 0.6 is 0 Å². The molecule has 0 spiro atoms. The number of piperazine rings is 1. The van der Waals surface area contributed by atoms with Crippen LogP contribution in [0.4, 0.5) is 0 Å². The Morgan fingerprint density at radius 1 is 1.14 bits per heavy atom. The molecule has 3 atom stereocenters. The number of hydrogen-bond acceptors (Lipinski definition) is 2. The Labute approximate surface area is 130 Å². The zero-order valence-corrected chi connectivity index (χ0v) is 14.2. The summed E-state index contributed by atoms with van der Waals surface area (Å²) in [6.45, 7) is 11.5. The lowest BCUT2D eigenvalue weighted by Crippen LogP contribution is -2.56. The van der Waals surface area contributed by atoms with Crippen molar-refractivity contribution in [1.29, 1.82) is 0 Å². The second-order valence-corrected chi connectivity index (χ2v) is 6.44. The molecule has 1 N–H and O–H groups in total. The van der Waals surface area contributed by atoms with Crippen LogP contribution < -0.4 is 5.32 Å².